The molecule has 230 valence electrons. The van der Waals surface area contributed by atoms with E-state index in [4.69, 9.17) is 27.3 Å². The number of rotatable bonds is 11. The molecule has 2 amide bonds. The molecule has 0 saturated carbocycles. The van der Waals surface area contributed by atoms with Crippen LogP contribution in [-0.2, 0) is 41.9 Å². The van der Waals surface area contributed by atoms with Crippen LogP contribution in [-0.4, -0.2) is 88.5 Å². The summed E-state index contributed by atoms with van der Waals surface area (Å²) in [6.07, 6.45) is 1.92. The van der Waals surface area contributed by atoms with Crippen molar-refractivity contribution in [3.05, 3.63) is 51.9 Å². The van der Waals surface area contributed by atoms with Gasteiger partial charge in [0.05, 0.1) is 0 Å². The fraction of sp³-hybridized carbons (Fsp3) is 0.280. The second kappa shape index (κ2) is 12.1. The zero-order valence-electron chi connectivity index (χ0n) is 22.5. The summed E-state index contributed by atoms with van der Waals surface area (Å²) in [5.41, 5.74) is 6.51. The summed E-state index contributed by atoms with van der Waals surface area (Å²) in [4.78, 5) is 71.3. The number of thiazole rings is 1. The SMILES string of the molecule is C[C@H](ON=C(C(=O)NC1C(=O)N2C(C(=O)O)=C(C[n+]3cccc4c3ccn4CC(=O)O)CSC12)c1nc(N)sc1Cl)C(=O)O. The molecule has 0 aromatic carbocycles. The van der Waals surface area contributed by atoms with Gasteiger partial charge in [-0.25, -0.2) is 14.6 Å². The quantitative estimate of drug-likeness (QED) is 0.0808. The minimum atomic E-state index is -1.43. The van der Waals surface area contributed by atoms with Crippen LogP contribution in [0, 0.1) is 0 Å². The summed E-state index contributed by atoms with van der Waals surface area (Å²) in [6, 6.07) is 4.03. The third kappa shape index (κ3) is 5.78. The number of aromatic nitrogens is 3. The van der Waals surface area contributed by atoms with Crippen LogP contribution in [0.15, 0.2) is 47.0 Å². The smallest absolute Gasteiger partial charge is 0.352 e. The molecule has 2 aliphatic heterocycles. The molecular formula is C25H23ClN7O9S2+. The molecule has 3 atom stereocenters. The minimum absolute atomic E-state index is 0.00120. The van der Waals surface area contributed by atoms with E-state index in [-0.39, 0.29) is 39.7 Å². The molecule has 16 nitrogen and oxygen atoms in total. The lowest BCUT2D eigenvalue weighted by Crippen LogP contribution is -2.71. The molecule has 44 heavy (non-hydrogen) atoms. The second-order valence-corrected chi connectivity index (χ2v) is 12.3. The molecule has 5 heterocycles. The molecular weight excluding hydrogens is 642 g/mol. The number of carbonyl (C=O) groups is 5. The molecule has 0 bridgehead atoms. The zero-order chi connectivity index (χ0) is 31.9. The Morgan fingerprint density at radius 1 is 1.30 bits per heavy atom. The Bertz CT molecular complexity index is 1790. The number of aliphatic carboxylic acids is 3. The molecule has 1 saturated heterocycles. The maximum atomic E-state index is 13.3. The van der Waals surface area contributed by atoms with Crippen molar-refractivity contribution in [2.75, 3.05) is 11.5 Å². The van der Waals surface area contributed by atoms with Crippen LogP contribution in [0.1, 0.15) is 12.6 Å². The van der Waals surface area contributed by atoms with Crippen molar-refractivity contribution >= 4 is 86.3 Å². The van der Waals surface area contributed by atoms with Gasteiger partial charge in [0.2, 0.25) is 11.6 Å². The van der Waals surface area contributed by atoms with E-state index in [1.165, 1.54) is 18.7 Å². The molecule has 19 heteroatoms. The molecule has 0 aliphatic carbocycles. The molecule has 3 aromatic rings. The van der Waals surface area contributed by atoms with E-state index in [1.807, 2.05) is 0 Å². The van der Waals surface area contributed by atoms with Gasteiger partial charge in [-0.05, 0) is 13.0 Å². The predicted molar refractivity (Wildman–Crippen MR) is 156 cm³/mol. The van der Waals surface area contributed by atoms with E-state index in [0.29, 0.717) is 16.6 Å². The normalized spacial score (nSPS) is 18.9. The number of nitrogens with zero attached hydrogens (tertiary/aromatic N) is 5. The Kier molecular flexibility index (Phi) is 8.49. The lowest BCUT2D eigenvalue weighted by molar-refractivity contribution is -0.663. The number of nitrogens with two attached hydrogens (primary N) is 1. The van der Waals surface area contributed by atoms with Crippen LogP contribution < -0.4 is 15.6 Å². The van der Waals surface area contributed by atoms with E-state index in [9.17, 15) is 34.2 Å². The Morgan fingerprint density at radius 3 is 2.68 bits per heavy atom. The predicted octanol–water partition coefficient (Wildman–Crippen LogP) is 0.338. The monoisotopic (exact) mass is 664 g/mol. The van der Waals surface area contributed by atoms with Crippen molar-refractivity contribution in [2.24, 2.45) is 5.16 Å². The number of carboxylic acid groups (broad SMARTS) is 3. The lowest BCUT2D eigenvalue weighted by atomic mass is 10.0. The fourth-order valence-electron chi connectivity index (χ4n) is 4.69. The zero-order valence-corrected chi connectivity index (χ0v) is 24.9. The number of carbonyl (C=O) groups excluding carboxylic acids is 2. The molecule has 5 rings (SSSR count). The van der Waals surface area contributed by atoms with Crippen LogP contribution in [0.25, 0.3) is 11.0 Å². The van der Waals surface area contributed by atoms with Crippen molar-refractivity contribution in [3.63, 3.8) is 0 Å². The van der Waals surface area contributed by atoms with Crippen molar-refractivity contribution < 1.29 is 48.7 Å². The number of carboxylic acids is 3. The van der Waals surface area contributed by atoms with Crippen LogP contribution in [0.3, 0.4) is 0 Å². The Morgan fingerprint density at radius 2 is 2.05 bits per heavy atom. The first-order valence-electron chi connectivity index (χ1n) is 12.7. The number of nitrogens with one attached hydrogen (secondary N) is 1. The van der Waals surface area contributed by atoms with E-state index in [2.05, 4.69) is 15.5 Å². The van der Waals surface area contributed by atoms with Crippen LogP contribution >= 0.6 is 34.7 Å². The summed E-state index contributed by atoms with van der Waals surface area (Å²) in [5, 5.41) is 33.8. The fourth-order valence-corrected chi connectivity index (χ4v) is 6.95. The molecule has 3 aromatic heterocycles. The summed E-state index contributed by atoms with van der Waals surface area (Å²) in [6.45, 7) is 1.05. The number of halogens is 1. The van der Waals surface area contributed by atoms with E-state index in [0.717, 1.165) is 16.2 Å². The van der Waals surface area contributed by atoms with Gasteiger partial charge >= 0.3 is 17.9 Å². The Hall–Kier alpha value is -4.68. The van der Waals surface area contributed by atoms with Gasteiger partial charge in [0.1, 0.15) is 39.2 Å². The first-order chi connectivity index (χ1) is 20.9. The van der Waals surface area contributed by atoms with Crippen LogP contribution in [0.5, 0.6) is 0 Å². The minimum Gasteiger partial charge on any atom is -0.480 e. The molecule has 2 aliphatic rings. The molecule has 1 fully saturated rings. The summed E-state index contributed by atoms with van der Waals surface area (Å²) in [5.74, 6) is -5.14. The largest absolute Gasteiger partial charge is 0.480 e. The van der Waals surface area contributed by atoms with Crippen molar-refractivity contribution in [1.82, 2.24) is 19.8 Å². The maximum Gasteiger partial charge on any atom is 0.352 e. The number of anilines is 1. The number of pyridine rings is 1. The summed E-state index contributed by atoms with van der Waals surface area (Å²) in [7, 11) is 0. The molecule has 0 spiro atoms. The first-order valence-corrected chi connectivity index (χ1v) is 14.9. The highest BCUT2D eigenvalue weighted by Crippen LogP contribution is 2.40. The number of hydrogen-bond donors (Lipinski definition) is 5. The average molecular weight is 665 g/mol. The molecule has 0 radical (unpaired) electrons. The molecule has 2 unspecified atom stereocenters. The van der Waals surface area contributed by atoms with Crippen LogP contribution in [0.4, 0.5) is 5.13 Å². The second-order valence-electron chi connectivity index (χ2n) is 9.56. The number of thioether (sulfide) groups is 1. The van der Waals surface area contributed by atoms with Gasteiger partial charge in [-0.3, -0.25) is 19.3 Å². The lowest BCUT2D eigenvalue weighted by Gasteiger charge is -2.49. The van der Waals surface area contributed by atoms with E-state index >= 15 is 0 Å². The van der Waals surface area contributed by atoms with E-state index in [1.54, 1.807) is 39.7 Å². The highest BCUT2D eigenvalue weighted by atomic mass is 35.5. The van der Waals surface area contributed by atoms with Gasteiger partial charge in [-0.15, -0.1) is 11.8 Å². The molecule has 6 N–H and O–H groups in total. The number of β-lactam (4-membered cyclic amide) rings is 1. The number of nitrogen functional groups attached to an aromatic ring is 1. The van der Waals surface area contributed by atoms with Gasteiger partial charge in [-0.2, -0.15) is 4.57 Å². The standard InChI is InChI=1S/C25H22ClN7O9S2/c1-10(23(38)39)42-30-16(15-19(26)44-25(27)29-15)20(36)28-17-21(37)33-18(24(40)41)11(9-43-22(17)33)7-31-5-2-3-12-13(31)4-6-32(12)8-14(34)35/h2-6,10,17,22H,7-9H2,1H3,(H5-,27,28,29,34,35,36,38,39,40,41)/p+1/t10-,17?,22?/m0/s1. The third-order valence-electron chi connectivity index (χ3n) is 6.71. The van der Waals surface area contributed by atoms with E-state index < -0.39 is 53.0 Å². The highest BCUT2D eigenvalue weighted by molar-refractivity contribution is 8.00. The van der Waals surface area contributed by atoms with Crippen LogP contribution in [0.2, 0.25) is 4.34 Å². The van der Waals surface area contributed by atoms with Gasteiger partial charge < -0.3 is 35.8 Å². The highest BCUT2D eigenvalue weighted by Gasteiger charge is 2.55. The maximum absolute atomic E-state index is 13.3. The Labute approximate surface area is 260 Å². The number of amides is 2. The average Bonchev–Trinajstić information content (AvgIpc) is 3.52. The number of hydrogen-bond acceptors (Lipinski definition) is 11. The van der Waals surface area contributed by atoms with Gasteiger partial charge in [0.15, 0.2) is 23.6 Å². The number of fused-ring (bicyclic) bond motifs is 2. The van der Waals surface area contributed by atoms with Gasteiger partial charge in [-0.1, -0.05) is 28.1 Å². The summed E-state index contributed by atoms with van der Waals surface area (Å²) >= 11 is 8.22. The summed E-state index contributed by atoms with van der Waals surface area (Å²) < 4.78 is 3.29. The third-order valence-corrected chi connectivity index (χ3v) is 9.13. The number of oxime groups is 1. The van der Waals surface area contributed by atoms with Gasteiger partial charge in [0.25, 0.3) is 11.8 Å². The van der Waals surface area contributed by atoms with Crippen molar-refractivity contribution in [1.29, 1.82) is 0 Å². The van der Waals surface area contributed by atoms with Crippen molar-refractivity contribution in [2.45, 2.75) is 37.5 Å². The van der Waals surface area contributed by atoms with Crippen molar-refractivity contribution in [3.8, 4) is 0 Å². The van der Waals surface area contributed by atoms with Gasteiger partial charge in [0, 0.05) is 29.7 Å². The Balaban J connectivity index is 1.39. The topological polar surface area (TPSA) is 231 Å². The first kappa shape index (κ1) is 30.8.